The molecule has 1 aliphatic heterocycles. The Morgan fingerprint density at radius 1 is 0.971 bits per heavy atom. The second-order valence-corrected chi connectivity index (χ2v) is 8.87. The van der Waals surface area contributed by atoms with Crippen molar-refractivity contribution in [1.29, 1.82) is 0 Å². The Kier molecular flexibility index (Phi) is 7.12. The zero-order valence-electron chi connectivity index (χ0n) is 19.9. The number of halogens is 3. The maximum Gasteiger partial charge on any atom is 0.416 e. The van der Waals surface area contributed by atoms with Crippen LogP contribution in [0.3, 0.4) is 0 Å². The highest BCUT2D eigenvalue weighted by atomic mass is 19.4. The Labute approximate surface area is 203 Å². The van der Waals surface area contributed by atoms with Gasteiger partial charge in [0.15, 0.2) is 0 Å². The van der Waals surface area contributed by atoms with Gasteiger partial charge in [-0.25, -0.2) is 4.98 Å². The zero-order chi connectivity index (χ0) is 25.2. The molecule has 1 aromatic heterocycles. The molecule has 0 spiro atoms. The summed E-state index contributed by atoms with van der Waals surface area (Å²) >= 11 is 0. The van der Waals surface area contributed by atoms with E-state index in [-0.39, 0.29) is 11.7 Å². The van der Waals surface area contributed by atoms with E-state index in [9.17, 15) is 18.0 Å². The number of hydrogen-bond donors (Lipinski definition) is 1. The highest BCUT2D eigenvalue weighted by molar-refractivity contribution is 5.95. The molecule has 1 aliphatic rings. The monoisotopic (exact) mass is 482 g/mol. The van der Waals surface area contributed by atoms with Gasteiger partial charge in [0.25, 0.3) is 5.91 Å². The molecule has 1 saturated heterocycles. The van der Waals surface area contributed by atoms with Crippen molar-refractivity contribution in [3.8, 4) is 22.3 Å². The molecule has 184 valence electrons. The molecule has 0 bridgehead atoms. The lowest BCUT2D eigenvalue weighted by atomic mass is 9.91. The number of rotatable bonds is 4. The first-order valence-corrected chi connectivity index (χ1v) is 11.7. The summed E-state index contributed by atoms with van der Waals surface area (Å²) in [4.78, 5) is 21.5. The number of nitrogen functional groups attached to an aromatic ring is 1. The number of anilines is 1. The summed E-state index contributed by atoms with van der Waals surface area (Å²) in [7, 11) is 2.06. The molecule has 0 atom stereocenters. The van der Waals surface area contributed by atoms with E-state index in [0.717, 1.165) is 54.9 Å². The van der Waals surface area contributed by atoms with Crippen LogP contribution in [-0.4, -0.2) is 53.9 Å². The molecule has 0 saturated carbocycles. The predicted octanol–water partition coefficient (Wildman–Crippen LogP) is 5.36. The topological polar surface area (TPSA) is 62.5 Å². The second kappa shape index (κ2) is 10.1. The molecule has 0 unspecified atom stereocenters. The summed E-state index contributed by atoms with van der Waals surface area (Å²) in [5.74, 6) is 0.284. The molecule has 2 heterocycles. The quantitative estimate of drug-likeness (QED) is 0.544. The smallest absolute Gasteiger partial charge is 0.383 e. The van der Waals surface area contributed by atoms with Crippen molar-refractivity contribution in [2.75, 3.05) is 39.0 Å². The third-order valence-electron chi connectivity index (χ3n) is 6.52. The standard InChI is InChI=1S/C27H29F3N4O/c1-3-22-23(17-32-25(31)24(22)19-9-11-21(12-10-19)27(28,29)30)18-5-7-20(8-6-18)26(35)34-14-4-13-33(2)15-16-34/h5-12,17H,3-4,13-16H2,1-2H3,(H2,31,32). The minimum absolute atomic E-state index is 0.0171. The summed E-state index contributed by atoms with van der Waals surface area (Å²) in [6.07, 6.45) is -1.16. The molecular formula is C27H29F3N4O. The maximum atomic E-state index is 13.0. The average Bonchev–Trinajstić information content (AvgIpc) is 3.07. The minimum Gasteiger partial charge on any atom is -0.383 e. The van der Waals surface area contributed by atoms with E-state index >= 15 is 0 Å². The van der Waals surface area contributed by atoms with Crippen LogP contribution in [0.15, 0.2) is 54.7 Å². The van der Waals surface area contributed by atoms with Crippen molar-refractivity contribution in [2.45, 2.75) is 25.9 Å². The van der Waals surface area contributed by atoms with Crippen LogP contribution in [0.1, 0.15) is 34.8 Å². The molecule has 2 aromatic carbocycles. The Morgan fingerprint density at radius 3 is 2.26 bits per heavy atom. The summed E-state index contributed by atoms with van der Waals surface area (Å²) < 4.78 is 39.0. The van der Waals surface area contributed by atoms with Crippen LogP contribution in [0.5, 0.6) is 0 Å². The van der Waals surface area contributed by atoms with Gasteiger partial charge in [0.1, 0.15) is 5.82 Å². The third kappa shape index (κ3) is 5.32. The Bertz CT molecular complexity index is 1190. The number of nitrogens with zero attached hydrogens (tertiary/aromatic N) is 3. The van der Waals surface area contributed by atoms with E-state index < -0.39 is 11.7 Å². The van der Waals surface area contributed by atoms with Gasteiger partial charge in [0.2, 0.25) is 0 Å². The minimum atomic E-state index is -4.40. The highest BCUT2D eigenvalue weighted by Crippen LogP contribution is 2.37. The van der Waals surface area contributed by atoms with Crippen LogP contribution in [0.25, 0.3) is 22.3 Å². The van der Waals surface area contributed by atoms with Crippen LogP contribution < -0.4 is 5.73 Å². The molecule has 3 aromatic rings. The van der Waals surface area contributed by atoms with Gasteiger partial charge >= 0.3 is 6.18 Å². The van der Waals surface area contributed by atoms with Gasteiger partial charge in [-0.05, 0) is 67.4 Å². The zero-order valence-corrected chi connectivity index (χ0v) is 19.9. The number of aromatic nitrogens is 1. The average molecular weight is 483 g/mol. The van der Waals surface area contributed by atoms with Crippen LogP contribution in [-0.2, 0) is 12.6 Å². The van der Waals surface area contributed by atoms with Crippen molar-refractivity contribution >= 4 is 11.7 Å². The van der Waals surface area contributed by atoms with Gasteiger partial charge in [-0.3, -0.25) is 4.79 Å². The lowest BCUT2D eigenvalue weighted by molar-refractivity contribution is -0.137. The van der Waals surface area contributed by atoms with Crippen LogP contribution in [0.4, 0.5) is 19.0 Å². The largest absolute Gasteiger partial charge is 0.416 e. The van der Waals surface area contributed by atoms with E-state index in [2.05, 4.69) is 16.9 Å². The van der Waals surface area contributed by atoms with Crippen molar-refractivity contribution in [2.24, 2.45) is 0 Å². The first kappa shape index (κ1) is 24.7. The molecule has 1 fully saturated rings. The van der Waals surface area contributed by atoms with Crippen LogP contribution in [0, 0.1) is 0 Å². The van der Waals surface area contributed by atoms with E-state index in [1.807, 2.05) is 36.1 Å². The number of amides is 1. The molecule has 8 heteroatoms. The van der Waals surface area contributed by atoms with Crippen LogP contribution >= 0.6 is 0 Å². The van der Waals surface area contributed by atoms with Gasteiger partial charge in [0, 0.05) is 42.5 Å². The van der Waals surface area contributed by atoms with Crippen molar-refractivity contribution < 1.29 is 18.0 Å². The molecule has 2 N–H and O–H groups in total. The molecule has 0 radical (unpaired) electrons. The highest BCUT2D eigenvalue weighted by Gasteiger charge is 2.30. The number of pyridine rings is 1. The maximum absolute atomic E-state index is 13.0. The number of carbonyl (C=O) groups is 1. The Balaban J connectivity index is 1.65. The summed E-state index contributed by atoms with van der Waals surface area (Å²) in [6.45, 7) is 5.25. The third-order valence-corrected chi connectivity index (χ3v) is 6.52. The van der Waals surface area contributed by atoms with Crippen molar-refractivity contribution in [3.63, 3.8) is 0 Å². The number of likely N-dealkylation sites (N-methyl/N-ethyl adjacent to an activating group) is 1. The van der Waals surface area contributed by atoms with Gasteiger partial charge in [0.05, 0.1) is 5.56 Å². The fourth-order valence-electron chi connectivity index (χ4n) is 4.55. The number of benzene rings is 2. The lowest BCUT2D eigenvalue weighted by Gasteiger charge is -2.21. The van der Waals surface area contributed by atoms with E-state index in [1.165, 1.54) is 12.1 Å². The first-order valence-electron chi connectivity index (χ1n) is 11.7. The molecule has 0 aliphatic carbocycles. The summed E-state index contributed by atoms with van der Waals surface area (Å²) in [5.41, 5.74) is 9.92. The number of nitrogens with two attached hydrogens (primary N) is 1. The van der Waals surface area contributed by atoms with E-state index in [0.29, 0.717) is 29.7 Å². The van der Waals surface area contributed by atoms with Gasteiger partial charge in [-0.2, -0.15) is 13.2 Å². The normalized spacial score (nSPS) is 15.2. The molecule has 35 heavy (non-hydrogen) atoms. The number of hydrogen-bond acceptors (Lipinski definition) is 4. The van der Waals surface area contributed by atoms with E-state index in [1.54, 1.807) is 6.20 Å². The Hall–Kier alpha value is -3.39. The van der Waals surface area contributed by atoms with E-state index in [4.69, 9.17) is 5.73 Å². The predicted molar refractivity (Wildman–Crippen MR) is 132 cm³/mol. The first-order chi connectivity index (χ1) is 16.7. The summed E-state index contributed by atoms with van der Waals surface area (Å²) in [6, 6.07) is 12.4. The molecule has 4 rings (SSSR count). The Morgan fingerprint density at radius 2 is 1.63 bits per heavy atom. The second-order valence-electron chi connectivity index (χ2n) is 8.87. The molecule has 5 nitrogen and oxygen atoms in total. The van der Waals surface area contributed by atoms with Gasteiger partial charge in [-0.15, -0.1) is 0 Å². The van der Waals surface area contributed by atoms with Gasteiger partial charge in [-0.1, -0.05) is 31.2 Å². The lowest BCUT2D eigenvalue weighted by Crippen LogP contribution is -2.34. The van der Waals surface area contributed by atoms with Crippen LogP contribution in [0.2, 0.25) is 0 Å². The van der Waals surface area contributed by atoms with Crippen molar-refractivity contribution in [3.05, 3.63) is 71.4 Å². The SMILES string of the molecule is CCc1c(-c2ccc(C(=O)N3CCCN(C)CC3)cc2)cnc(N)c1-c1ccc(C(F)(F)F)cc1. The fraction of sp³-hybridized carbons (Fsp3) is 0.333. The molecule has 1 amide bonds. The molecular weight excluding hydrogens is 453 g/mol. The van der Waals surface area contributed by atoms with Crippen molar-refractivity contribution in [1.82, 2.24) is 14.8 Å². The van der Waals surface area contributed by atoms with Gasteiger partial charge < -0.3 is 15.5 Å². The fourth-order valence-corrected chi connectivity index (χ4v) is 4.55. The number of carbonyl (C=O) groups excluding carboxylic acids is 1. The summed E-state index contributed by atoms with van der Waals surface area (Å²) in [5, 5.41) is 0. The number of alkyl halides is 3.